The van der Waals surface area contributed by atoms with Crippen LogP contribution in [0, 0.1) is 0 Å². The lowest BCUT2D eigenvalue weighted by Crippen LogP contribution is -2.27. The number of rotatable bonds is 5. The fourth-order valence-electron chi connectivity index (χ4n) is 3.15. The lowest BCUT2D eigenvalue weighted by molar-refractivity contribution is 0.101. The summed E-state index contributed by atoms with van der Waals surface area (Å²) in [6, 6.07) is 9.14. The highest BCUT2D eigenvalue weighted by atomic mass is 32.2. The number of nitrogens with one attached hydrogen (secondary N) is 1. The fourth-order valence-corrected chi connectivity index (χ4v) is 4.74. The summed E-state index contributed by atoms with van der Waals surface area (Å²) in [7, 11) is -1.85. The van der Waals surface area contributed by atoms with E-state index in [0.717, 1.165) is 18.4 Å². The largest absolute Gasteiger partial charge is 0.345 e. The zero-order valence-corrected chi connectivity index (χ0v) is 16.2. The Balaban J connectivity index is 1.82. The zero-order valence-electron chi connectivity index (χ0n) is 15.4. The average molecular weight is 375 g/mol. The van der Waals surface area contributed by atoms with Crippen molar-refractivity contribution in [3.05, 3.63) is 47.8 Å². The van der Waals surface area contributed by atoms with Crippen LogP contribution in [0.25, 0.3) is 0 Å². The zero-order chi connectivity index (χ0) is 18.9. The van der Waals surface area contributed by atoms with Gasteiger partial charge < -0.3 is 9.88 Å². The van der Waals surface area contributed by atoms with Crippen LogP contribution in [-0.2, 0) is 17.1 Å². The first-order valence-electron chi connectivity index (χ1n) is 8.87. The Kier molecular flexibility index (Phi) is 5.20. The minimum Gasteiger partial charge on any atom is -0.345 e. The van der Waals surface area contributed by atoms with Crippen molar-refractivity contribution in [3.63, 3.8) is 0 Å². The van der Waals surface area contributed by atoms with Crippen molar-refractivity contribution in [2.45, 2.75) is 37.5 Å². The molecule has 3 rings (SSSR count). The summed E-state index contributed by atoms with van der Waals surface area (Å²) in [5.74, 6) is 0.0374. The molecule has 0 aliphatic carbocycles. The Morgan fingerprint density at radius 3 is 2.50 bits per heavy atom. The lowest BCUT2D eigenvalue weighted by atomic mass is 10.0. The number of hydrogen-bond donors (Lipinski definition) is 1. The van der Waals surface area contributed by atoms with Crippen molar-refractivity contribution in [2.75, 3.05) is 18.4 Å². The van der Waals surface area contributed by atoms with Gasteiger partial charge in [0.25, 0.3) is 5.91 Å². The van der Waals surface area contributed by atoms with Gasteiger partial charge in [0.2, 0.25) is 10.0 Å². The maximum atomic E-state index is 12.7. The quantitative estimate of drug-likeness (QED) is 0.872. The highest BCUT2D eigenvalue weighted by molar-refractivity contribution is 7.89. The van der Waals surface area contributed by atoms with Gasteiger partial charge in [0.1, 0.15) is 10.6 Å². The molecule has 1 aliphatic heterocycles. The van der Waals surface area contributed by atoms with Gasteiger partial charge in [-0.2, -0.15) is 4.31 Å². The highest BCUT2D eigenvalue weighted by Gasteiger charge is 2.29. The van der Waals surface area contributed by atoms with Crippen LogP contribution in [0.15, 0.2) is 41.4 Å². The van der Waals surface area contributed by atoms with Gasteiger partial charge in [0.15, 0.2) is 0 Å². The van der Waals surface area contributed by atoms with Gasteiger partial charge in [-0.1, -0.05) is 26.0 Å². The minimum absolute atomic E-state index is 0.169. The van der Waals surface area contributed by atoms with Gasteiger partial charge in [-0.05, 0) is 42.5 Å². The Bertz CT molecular complexity index is 910. The van der Waals surface area contributed by atoms with Gasteiger partial charge in [-0.3, -0.25) is 4.79 Å². The van der Waals surface area contributed by atoms with Crippen molar-refractivity contribution in [3.8, 4) is 0 Å². The Labute approximate surface area is 154 Å². The second-order valence-electron chi connectivity index (χ2n) is 7.02. The third kappa shape index (κ3) is 3.68. The van der Waals surface area contributed by atoms with Crippen molar-refractivity contribution < 1.29 is 13.2 Å². The molecule has 140 valence electrons. The van der Waals surface area contributed by atoms with Crippen LogP contribution in [0.4, 0.5) is 5.69 Å². The van der Waals surface area contributed by atoms with Crippen LogP contribution < -0.4 is 5.32 Å². The third-order valence-electron chi connectivity index (χ3n) is 4.73. The van der Waals surface area contributed by atoms with E-state index in [2.05, 4.69) is 19.2 Å². The molecule has 0 spiro atoms. The summed E-state index contributed by atoms with van der Waals surface area (Å²) in [5, 5.41) is 2.86. The molecule has 1 aliphatic rings. The molecule has 1 amide bonds. The second kappa shape index (κ2) is 7.25. The molecule has 0 unspecified atom stereocenters. The van der Waals surface area contributed by atoms with Crippen molar-refractivity contribution in [1.29, 1.82) is 0 Å². The predicted molar refractivity (Wildman–Crippen MR) is 102 cm³/mol. The number of carbonyl (C=O) groups is 1. The molecule has 7 heteroatoms. The van der Waals surface area contributed by atoms with Gasteiger partial charge in [0.05, 0.1) is 0 Å². The van der Waals surface area contributed by atoms with E-state index in [-0.39, 0.29) is 10.8 Å². The van der Waals surface area contributed by atoms with E-state index in [1.54, 1.807) is 11.6 Å². The standard InChI is InChI=1S/C19H25N3O3S/c1-14(2)15-7-6-8-16(11-15)20-19(23)18-12-17(13-21(18)3)26(24,25)22-9-4-5-10-22/h6-8,11-14H,4-5,9-10H2,1-3H3,(H,20,23). The molecule has 26 heavy (non-hydrogen) atoms. The number of aromatic nitrogens is 1. The minimum atomic E-state index is -3.53. The second-order valence-corrected chi connectivity index (χ2v) is 8.96. The van der Waals surface area contributed by atoms with E-state index in [9.17, 15) is 13.2 Å². The molecule has 1 aromatic carbocycles. The molecule has 1 saturated heterocycles. The molecular weight excluding hydrogens is 350 g/mol. The topological polar surface area (TPSA) is 71.4 Å². The molecule has 0 saturated carbocycles. The van der Waals surface area contributed by atoms with Gasteiger partial charge in [0, 0.05) is 32.0 Å². The number of nitrogens with zero attached hydrogens (tertiary/aromatic N) is 2. The lowest BCUT2D eigenvalue weighted by Gasteiger charge is -2.13. The van der Waals surface area contributed by atoms with Gasteiger partial charge >= 0.3 is 0 Å². The Morgan fingerprint density at radius 1 is 1.15 bits per heavy atom. The summed E-state index contributed by atoms with van der Waals surface area (Å²) in [4.78, 5) is 12.8. The smallest absolute Gasteiger partial charge is 0.272 e. The summed E-state index contributed by atoms with van der Waals surface area (Å²) in [5.41, 5.74) is 2.15. The van der Waals surface area contributed by atoms with Gasteiger partial charge in [-0.25, -0.2) is 8.42 Å². The first-order chi connectivity index (χ1) is 12.3. The Hall–Kier alpha value is -2.12. The van der Waals surface area contributed by atoms with Gasteiger partial charge in [-0.15, -0.1) is 0 Å². The van der Waals surface area contributed by atoms with Crippen LogP contribution >= 0.6 is 0 Å². The SMILES string of the molecule is CC(C)c1cccc(NC(=O)c2cc(S(=O)(=O)N3CCCC3)cn2C)c1. The Morgan fingerprint density at radius 2 is 1.85 bits per heavy atom. The molecule has 1 aromatic heterocycles. The number of hydrogen-bond acceptors (Lipinski definition) is 3. The number of sulfonamides is 1. The number of benzene rings is 1. The normalized spacial score (nSPS) is 15.5. The maximum absolute atomic E-state index is 12.7. The molecule has 6 nitrogen and oxygen atoms in total. The van der Waals surface area contributed by atoms with Crippen molar-refractivity contribution in [1.82, 2.24) is 8.87 Å². The molecule has 0 radical (unpaired) electrons. The molecule has 1 fully saturated rings. The van der Waals surface area contributed by atoms with Crippen molar-refractivity contribution in [2.24, 2.45) is 7.05 Å². The molecule has 2 aromatic rings. The number of aryl methyl sites for hydroxylation is 1. The number of amides is 1. The first kappa shape index (κ1) is 18.7. The van der Waals surface area contributed by atoms with Crippen LogP contribution in [0.1, 0.15) is 48.7 Å². The highest BCUT2D eigenvalue weighted by Crippen LogP contribution is 2.23. The van der Waals surface area contributed by atoms with Crippen LogP contribution in [-0.4, -0.2) is 36.3 Å². The van der Waals surface area contributed by atoms with Crippen LogP contribution in [0.5, 0.6) is 0 Å². The summed E-state index contributed by atoms with van der Waals surface area (Å²) in [6.07, 6.45) is 3.27. The summed E-state index contributed by atoms with van der Waals surface area (Å²) in [6.45, 7) is 5.27. The molecule has 1 N–H and O–H groups in total. The van der Waals surface area contributed by atoms with E-state index >= 15 is 0 Å². The average Bonchev–Trinajstić information content (AvgIpc) is 3.25. The van der Waals surface area contributed by atoms with E-state index < -0.39 is 10.0 Å². The van der Waals surface area contributed by atoms with Crippen LogP contribution in [0.2, 0.25) is 0 Å². The molecule has 0 atom stereocenters. The maximum Gasteiger partial charge on any atom is 0.272 e. The van der Waals surface area contributed by atoms with E-state index in [4.69, 9.17) is 0 Å². The van der Waals surface area contributed by atoms with Crippen molar-refractivity contribution >= 4 is 21.6 Å². The van der Waals surface area contributed by atoms with E-state index in [0.29, 0.717) is 30.4 Å². The molecular formula is C19H25N3O3S. The summed E-state index contributed by atoms with van der Waals surface area (Å²) < 4.78 is 28.4. The number of carbonyl (C=O) groups excluding carboxylic acids is 1. The van der Waals surface area contributed by atoms with E-state index in [1.165, 1.54) is 16.6 Å². The fraction of sp³-hybridized carbons (Fsp3) is 0.421. The molecule has 2 heterocycles. The predicted octanol–water partition coefficient (Wildman–Crippen LogP) is 3.19. The first-order valence-corrected chi connectivity index (χ1v) is 10.3. The monoisotopic (exact) mass is 375 g/mol. The number of anilines is 1. The molecule has 0 bridgehead atoms. The third-order valence-corrected chi connectivity index (χ3v) is 6.59. The summed E-state index contributed by atoms with van der Waals surface area (Å²) >= 11 is 0. The van der Waals surface area contributed by atoms with E-state index in [1.807, 2.05) is 24.3 Å². The van der Waals surface area contributed by atoms with Crippen LogP contribution in [0.3, 0.4) is 0 Å².